The number of aromatic nitrogens is 4. The van der Waals surface area contributed by atoms with Crippen LogP contribution in [0.1, 0.15) is 29.0 Å². The molecule has 37 heavy (non-hydrogen) atoms. The Morgan fingerprint density at radius 2 is 1.84 bits per heavy atom. The van der Waals surface area contributed by atoms with Gasteiger partial charge < -0.3 is 15.2 Å². The molecule has 8 nitrogen and oxygen atoms in total. The number of hydrogen-bond donors (Lipinski definition) is 2. The topological polar surface area (TPSA) is 97.3 Å². The lowest BCUT2D eigenvalue weighted by atomic mass is 10.1. The number of anilines is 1. The van der Waals surface area contributed by atoms with Crippen molar-refractivity contribution < 1.29 is 9.32 Å². The number of nitrogens with one attached hydrogen (secondary N) is 2. The fraction of sp³-hybridized carbons (Fsp3) is 0.185. The van der Waals surface area contributed by atoms with Crippen molar-refractivity contribution in [2.75, 3.05) is 18.4 Å². The molecule has 0 aliphatic carbocycles. The molecule has 0 unspecified atom stereocenters. The highest BCUT2D eigenvalue weighted by atomic mass is 79.9. The third-order valence-electron chi connectivity index (χ3n) is 5.91. The number of hydrogen-bond acceptors (Lipinski definition) is 6. The fourth-order valence-corrected chi connectivity index (χ4v) is 4.64. The van der Waals surface area contributed by atoms with Gasteiger partial charge in [0.05, 0.1) is 16.4 Å². The van der Waals surface area contributed by atoms with Crippen molar-refractivity contribution in [3.63, 3.8) is 0 Å². The molecule has 0 atom stereocenters. The molecular weight excluding hydrogens is 556 g/mol. The first-order valence-electron chi connectivity index (χ1n) is 11.9. The van der Waals surface area contributed by atoms with Crippen LogP contribution in [0.2, 0.25) is 5.02 Å². The van der Waals surface area contributed by atoms with Gasteiger partial charge in [0.2, 0.25) is 0 Å². The fourth-order valence-electron chi connectivity index (χ4n) is 4.06. The number of aryl methyl sites for hydroxylation is 1. The van der Waals surface area contributed by atoms with Gasteiger partial charge in [0, 0.05) is 35.3 Å². The van der Waals surface area contributed by atoms with Gasteiger partial charge in [-0.25, -0.2) is 4.98 Å². The summed E-state index contributed by atoms with van der Waals surface area (Å²) in [5, 5.41) is 15.6. The second-order valence-electron chi connectivity index (χ2n) is 8.45. The molecule has 0 aliphatic heterocycles. The zero-order valence-corrected chi connectivity index (χ0v) is 22.4. The average Bonchev–Trinajstić information content (AvgIpc) is 3.49. The summed E-state index contributed by atoms with van der Waals surface area (Å²) in [6.45, 7) is 2.97. The van der Waals surface area contributed by atoms with Crippen LogP contribution in [0.3, 0.4) is 0 Å². The van der Waals surface area contributed by atoms with E-state index in [-0.39, 0.29) is 5.91 Å². The van der Waals surface area contributed by atoms with Gasteiger partial charge in [0.25, 0.3) is 5.91 Å². The Kier molecular flexibility index (Phi) is 7.52. The van der Waals surface area contributed by atoms with Crippen LogP contribution in [-0.4, -0.2) is 38.8 Å². The maximum absolute atomic E-state index is 12.9. The van der Waals surface area contributed by atoms with Crippen LogP contribution in [0.25, 0.3) is 28.2 Å². The zero-order valence-electron chi connectivity index (χ0n) is 20.0. The molecule has 0 saturated carbocycles. The largest absolute Gasteiger partial charge is 0.370 e. The minimum Gasteiger partial charge on any atom is -0.370 e. The van der Waals surface area contributed by atoms with E-state index in [1.807, 2.05) is 60.7 Å². The van der Waals surface area contributed by atoms with Crippen LogP contribution < -0.4 is 10.6 Å². The predicted molar refractivity (Wildman–Crippen MR) is 148 cm³/mol. The van der Waals surface area contributed by atoms with Gasteiger partial charge in [0.1, 0.15) is 22.8 Å². The third-order valence-corrected chi connectivity index (χ3v) is 6.80. The highest BCUT2D eigenvalue weighted by Gasteiger charge is 2.21. The molecule has 0 aliphatic rings. The Bertz CT molecular complexity index is 1550. The molecule has 2 aromatic carbocycles. The van der Waals surface area contributed by atoms with Gasteiger partial charge in [-0.15, -0.1) is 0 Å². The monoisotopic (exact) mass is 578 g/mol. The first-order chi connectivity index (χ1) is 18.0. The molecule has 0 bridgehead atoms. The number of halogens is 2. The van der Waals surface area contributed by atoms with Crippen molar-refractivity contribution in [1.82, 2.24) is 25.1 Å². The standard InChI is InChI=1S/C27H24BrClN6O2/c1-17-24(25(34-37-17)18-9-3-2-4-10-18)27(36)31-14-8-7-13-30-23-15-22(19-11-5-6-12-21(19)29)33-26-20(28)16-32-35(23)26/h2-6,9-12,15-16,30H,7-8,13-14H2,1H3,(H,31,36). The molecule has 0 fully saturated rings. The molecule has 2 N–H and O–H groups in total. The van der Waals surface area contributed by atoms with Gasteiger partial charge >= 0.3 is 0 Å². The van der Waals surface area contributed by atoms with Gasteiger partial charge in [-0.1, -0.05) is 65.3 Å². The van der Waals surface area contributed by atoms with Crippen molar-refractivity contribution in [3.8, 4) is 22.5 Å². The number of nitrogens with zero attached hydrogens (tertiary/aromatic N) is 4. The molecule has 5 aromatic rings. The Morgan fingerprint density at radius 1 is 1.08 bits per heavy atom. The lowest BCUT2D eigenvalue weighted by Crippen LogP contribution is -2.25. The van der Waals surface area contributed by atoms with Crippen LogP contribution in [-0.2, 0) is 0 Å². The van der Waals surface area contributed by atoms with E-state index in [4.69, 9.17) is 21.1 Å². The SMILES string of the molecule is Cc1onc(-c2ccccc2)c1C(=O)NCCCCNc1cc(-c2ccccc2Cl)nc2c(Br)cnn12. The van der Waals surface area contributed by atoms with Crippen molar-refractivity contribution in [1.29, 1.82) is 0 Å². The Hall–Kier alpha value is -3.69. The molecule has 3 aromatic heterocycles. The van der Waals surface area contributed by atoms with Gasteiger partial charge in [-0.3, -0.25) is 4.79 Å². The van der Waals surface area contributed by atoms with E-state index in [0.29, 0.717) is 40.8 Å². The molecule has 3 heterocycles. The van der Waals surface area contributed by atoms with Crippen LogP contribution in [0.4, 0.5) is 5.82 Å². The number of rotatable bonds is 9. The highest BCUT2D eigenvalue weighted by molar-refractivity contribution is 9.10. The lowest BCUT2D eigenvalue weighted by molar-refractivity contribution is 0.0952. The van der Waals surface area contributed by atoms with Crippen LogP contribution in [0.15, 0.2) is 75.9 Å². The lowest BCUT2D eigenvalue weighted by Gasteiger charge is -2.12. The van der Waals surface area contributed by atoms with Crippen molar-refractivity contribution >= 4 is 44.9 Å². The summed E-state index contributed by atoms with van der Waals surface area (Å²) >= 11 is 9.94. The number of benzene rings is 2. The molecule has 0 spiro atoms. The van der Waals surface area contributed by atoms with Crippen molar-refractivity contribution in [2.24, 2.45) is 0 Å². The molecule has 5 rings (SSSR count). The second kappa shape index (κ2) is 11.1. The van der Waals surface area contributed by atoms with E-state index in [1.54, 1.807) is 17.6 Å². The van der Waals surface area contributed by atoms with E-state index in [9.17, 15) is 4.79 Å². The van der Waals surface area contributed by atoms with Crippen molar-refractivity contribution in [2.45, 2.75) is 19.8 Å². The minimum absolute atomic E-state index is 0.188. The third kappa shape index (κ3) is 5.38. The first kappa shape index (κ1) is 25.0. The van der Waals surface area contributed by atoms with E-state index >= 15 is 0 Å². The first-order valence-corrected chi connectivity index (χ1v) is 13.0. The zero-order chi connectivity index (χ0) is 25.8. The van der Waals surface area contributed by atoms with Gasteiger partial charge in [-0.05, 0) is 41.8 Å². The summed E-state index contributed by atoms with van der Waals surface area (Å²) in [5.74, 6) is 1.12. The maximum Gasteiger partial charge on any atom is 0.257 e. The summed E-state index contributed by atoms with van der Waals surface area (Å²) in [4.78, 5) is 17.6. The van der Waals surface area contributed by atoms with Gasteiger partial charge in [-0.2, -0.15) is 9.61 Å². The summed E-state index contributed by atoms with van der Waals surface area (Å²) in [5.41, 5.74) is 4.18. The number of unbranched alkanes of at least 4 members (excludes halogenated alkanes) is 1. The summed E-state index contributed by atoms with van der Waals surface area (Å²) in [6.07, 6.45) is 3.34. The molecule has 10 heteroatoms. The quantitative estimate of drug-likeness (QED) is 0.196. The number of carbonyl (C=O) groups is 1. The summed E-state index contributed by atoms with van der Waals surface area (Å²) < 4.78 is 7.86. The Labute approximate surface area is 227 Å². The minimum atomic E-state index is -0.188. The van der Waals surface area contributed by atoms with Gasteiger partial charge in [0.15, 0.2) is 5.65 Å². The normalized spacial score (nSPS) is 11.1. The maximum atomic E-state index is 12.9. The smallest absolute Gasteiger partial charge is 0.257 e. The molecule has 188 valence electrons. The van der Waals surface area contributed by atoms with E-state index < -0.39 is 0 Å². The molecular formula is C27H24BrClN6O2. The number of amides is 1. The van der Waals surface area contributed by atoms with Crippen LogP contribution in [0.5, 0.6) is 0 Å². The van der Waals surface area contributed by atoms with E-state index in [2.05, 4.69) is 36.8 Å². The summed E-state index contributed by atoms with van der Waals surface area (Å²) in [6, 6.07) is 19.1. The number of fused-ring (bicyclic) bond motifs is 1. The second-order valence-corrected chi connectivity index (χ2v) is 9.71. The highest BCUT2D eigenvalue weighted by Crippen LogP contribution is 2.30. The van der Waals surface area contributed by atoms with Crippen molar-refractivity contribution in [3.05, 3.63) is 87.7 Å². The van der Waals surface area contributed by atoms with Crippen LogP contribution in [0, 0.1) is 6.92 Å². The number of carbonyl (C=O) groups excluding carboxylic acids is 1. The Morgan fingerprint density at radius 3 is 2.65 bits per heavy atom. The Balaban J connectivity index is 1.20. The summed E-state index contributed by atoms with van der Waals surface area (Å²) in [7, 11) is 0. The average molecular weight is 580 g/mol. The van der Waals surface area contributed by atoms with E-state index in [1.165, 1.54) is 0 Å². The van der Waals surface area contributed by atoms with Crippen LogP contribution >= 0.6 is 27.5 Å². The molecule has 1 amide bonds. The van der Waals surface area contributed by atoms with E-state index in [0.717, 1.165) is 40.0 Å². The predicted octanol–water partition coefficient (Wildman–Crippen LogP) is 6.40. The molecule has 0 saturated heterocycles. The molecule has 0 radical (unpaired) electrons.